The molecule has 0 radical (unpaired) electrons. The standard InChI is InChI=1S/C14H17N3O/c1-2-15-9-13-16-14(18-17-13)12-7-6-10-4-3-5-11(10)8-12/h6-8,15H,2-5,9H2,1H3. The summed E-state index contributed by atoms with van der Waals surface area (Å²) >= 11 is 0. The van der Waals surface area contributed by atoms with Crippen molar-refractivity contribution in [3.8, 4) is 11.5 Å². The molecule has 0 saturated heterocycles. The lowest BCUT2D eigenvalue weighted by atomic mass is 10.1. The van der Waals surface area contributed by atoms with Crippen molar-refractivity contribution in [2.24, 2.45) is 0 Å². The number of hydrogen-bond acceptors (Lipinski definition) is 4. The molecule has 4 heteroatoms. The van der Waals surface area contributed by atoms with Crippen LogP contribution in [0.5, 0.6) is 0 Å². The Hall–Kier alpha value is -1.68. The van der Waals surface area contributed by atoms with Gasteiger partial charge in [-0.25, -0.2) is 0 Å². The van der Waals surface area contributed by atoms with Gasteiger partial charge in [-0.3, -0.25) is 0 Å². The summed E-state index contributed by atoms with van der Waals surface area (Å²) in [7, 11) is 0. The lowest BCUT2D eigenvalue weighted by Gasteiger charge is -2.00. The van der Waals surface area contributed by atoms with Crippen molar-refractivity contribution in [3.05, 3.63) is 35.2 Å². The molecule has 94 valence electrons. The van der Waals surface area contributed by atoms with Gasteiger partial charge in [-0.05, 0) is 49.1 Å². The van der Waals surface area contributed by atoms with E-state index in [0.717, 1.165) is 12.1 Å². The van der Waals surface area contributed by atoms with Crippen LogP contribution in [0.25, 0.3) is 11.5 Å². The smallest absolute Gasteiger partial charge is 0.257 e. The Morgan fingerprint density at radius 2 is 2.17 bits per heavy atom. The summed E-state index contributed by atoms with van der Waals surface area (Å²) in [6, 6.07) is 6.45. The maximum Gasteiger partial charge on any atom is 0.257 e. The van der Waals surface area contributed by atoms with Crippen LogP contribution in [0.1, 0.15) is 30.3 Å². The van der Waals surface area contributed by atoms with Crippen molar-refractivity contribution in [3.63, 3.8) is 0 Å². The topological polar surface area (TPSA) is 51.0 Å². The van der Waals surface area contributed by atoms with Crippen molar-refractivity contribution in [2.45, 2.75) is 32.7 Å². The largest absolute Gasteiger partial charge is 0.334 e. The summed E-state index contributed by atoms with van der Waals surface area (Å²) in [5.41, 5.74) is 3.93. The second-order valence-electron chi connectivity index (χ2n) is 4.63. The van der Waals surface area contributed by atoms with E-state index in [1.807, 2.05) is 0 Å². The summed E-state index contributed by atoms with van der Waals surface area (Å²) in [6.07, 6.45) is 3.63. The Balaban J connectivity index is 1.83. The van der Waals surface area contributed by atoms with Crippen LogP contribution >= 0.6 is 0 Å². The summed E-state index contributed by atoms with van der Waals surface area (Å²) < 4.78 is 5.31. The second kappa shape index (κ2) is 4.90. The average Bonchev–Trinajstić information content (AvgIpc) is 3.04. The van der Waals surface area contributed by atoms with E-state index >= 15 is 0 Å². The van der Waals surface area contributed by atoms with Gasteiger partial charge >= 0.3 is 0 Å². The van der Waals surface area contributed by atoms with Crippen LogP contribution in [-0.2, 0) is 19.4 Å². The fourth-order valence-corrected chi connectivity index (χ4v) is 2.38. The number of aryl methyl sites for hydroxylation is 2. The molecule has 1 aromatic carbocycles. The Bertz CT molecular complexity index is 548. The zero-order valence-electron chi connectivity index (χ0n) is 10.6. The van der Waals surface area contributed by atoms with Crippen LogP contribution < -0.4 is 5.32 Å². The molecule has 1 aliphatic carbocycles. The van der Waals surface area contributed by atoms with E-state index in [1.54, 1.807) is 0 Å². The molecule has 0 unspecified atom stereocenters. The molecule has 1 N–H and O–H groups in total. The normalized spacial score (nSPS) is 13.8. The molecule has 0 amide bonds. The highest BCUT2D eigenvalue weighted by molar-refractivity contribution is 5.56. The minimum absolute atomic E-state index is 0.623. The first-order valence-corrected chi connectivity index (χ1v) is 6.52. The molecule has 1 aliphatic rings. The van der Waals surface area contributed by atoms with Crippen LogP contribution in [-0.4, -0.2) is 16.7 Å². The van der Waals surface area contributed by atoms with E-state index in [4.69, 9.17) is 4.52 Å². The van der Waals surface area contributed by atoms with Crippen molar-refractivity contribution in [1.29, 1.82) is 0 Å². The molecular formula is C14H17N3O. The van der Waals surface area contributed by atoms with Gasteiger partial charge in [-0.1, -0.05) is 18.1 Å². The van der Waals surface area contributed by atoms with E-state index in [2.05, 4.69) is 40.6 Å². The predicted octanol–water partition coefficient (Wildman–Crippen LogP) is 2.33. The van der Waals surface area contributed by atoms with Gasteiger partial charge in [0.25, 0.3) is 5.89 Å². The molecule has 4 nitrogen and oxygen atoms in total. The van der Waals surface area contributed by atoms with E-state index < -0.39 is 0 Å². The molecule has 0 atom stereocenters. The summed E-state index contributed by atoms with van der Waals surface area (Å²) in [5.74, 6) is 1.34. The Morgan fingerprint density at radius 3 is 3.06 bits per heavy atom. The van der Waals surface area contributed by atoms with Crippen molar-refractivity contribution < 1.29 is 4.52 Å². The molecule has 0 spiro atoms. The predicted molar refractivity (Wildman–Crippen MR) is 69.1 cm³/mol. The van der Waals surface area contributed by atoms with Crippen LogP contribution in [0.2, 0.25) is 0 Å². The van der Waals surface area contributed by atoms with E-state index in [0.29, 0.717) is 18.3 Å². The fraction of sp³-hybridized carbons (Fsp3) is 0.429. The van der Waals surface area contributed by atoms with Gasteiger partial charge in [0.2, 0.25) is 0 Å². The third-order valence-electron chi connectivity index (χ3n) is 3.35. The molecule has 0 fully saturated rings. The highest BCUT2D eigenvalue weighted by atomic mass is 16.5. The first kappa shape index (κ1) is 11.4. The van der Waals surface area contributed by atoms with Gasteiger partial charge in [0, 0.05) is 5.56 Å². The Labute approximate surface area is 106 Å². The third-order valence-corrected chi connectivity index (χ3v) is 3.35. The third kappa shape index (κ3) is 2.16. The molecule has 2 aromatic rings. The minimum atomic E-state index is 0.623. The number of benzene rings is 1. The van der Waals surface area contributed by atoms with E-state index in [-0.39, 0.29) is 0 Å². The SMILES string of the molecule is CCNCc1noc(-c2ccc3c(c2)CCC3)n1. The van der Waals surface area contributed by atoms with Gasteiger partial charge in [0.15, 0.2) is 5.82 Å². The highest BCUT2D eigenvalue weighted by Gasteiger charge is 2.14. The van der Waals surface area contributed by atoms with Crippen LogP contribution in [0.3, 0.4) is 0 Å². The molecule has 0 aliphatic heterocycles. The Morgan fingerprint density at radius 1 is 1.28 bits per heavy atom. The van der Waals surface area contributed by atoms with E-state index in [1.165, 1.54) is 30.4 Å². The van der Waals surface area contributed by atoms with Crippen LogP contribution in [0.15, 0.2) is 22.7 Å². The highest BCUT2D eigenvalue weighted by Crippen LogP contribution is 2.27. The first-order chi connectivity index (χ1) is 8.86. The first-order valence-electron chi connectivity index (χ1n) is 6.52. The average molecular weight is 243 g/mol. The lowest BCUT2D eigenvalue weighted by molar-refractivity contribution is 0.420. The zero-order chi connectivity index (χ0) is 12.4. The Kier molecular flexibility index (Phi) is 3.11. The number of rotatable bonds is 4. The van der Waals surface area contributed by atoms with Gasteiger partial charge in [0.05, 0.1) is 6.54 Å². The van der Waals surface area contributed by atoms with Crippen LogP contribution in [0.4, 0.5) is 0 Å². The van der Waals surface area contributed by atoms with Crippen LogP contribution in [0, 0.1) is 0 Å². The molecule has 1 heterocycles. The van der Waals surface area contributed by atoms with Gasteiger partial charge < -0.3 is 9.84 Å². The summed E-state index contributed by atoms with van der Waals surface area (Å²) in [4.78, 5) is 4.40. The lowest BCUT2D eigenvalue weighted by Crippen LogP contribution is -2.12. The van der Waals surface area contributed by atoms with Gasteiger partial charge in [-0.2, -0.15) is 4.98 Å². The molecular weight excluding hydrogens is 226 g/mol. The van der Waals surface area contributed by atoms with Crippen molar-refractivity contribution >= 4 is 0 Å². The second-order valence-corrected chi connectivity index (χ2v) is 4.63. The minimum Gasteiger partial charge on any atom is -0.334 e. The summed E-state index contributed by atoms with van der Waals surface area (Å²) in [5, 5.41) is 7.16. The molecule has 0 saturated carbocycles. The van der Waals surface area contributed by atoms with E-state index in [9.17, 15) is 0 Å². The molecule has 3 rings (SSSR count). The number of hydrogen-bond donors (Lipinski definition) is 1. The van der Waals surface area contributed by atoms with Gasteiger partial charge in [-0.15, -0.1) is 0 Å². The quantitative estimate of drug-likeness (QED) is 0.895. The molecule has 0 bridgehead atoms. The molecule has 18 heavy (non-hydrogen) atoms. The monoisotopic (exact) mass is 243 g/mol. The summed E-state index contributed by atoms with van der Waals surface area (Å²) in [6.45, 7) is 3.62. The number of fused-ring (bicyclic) bond motifs is 1. The fourth-order valence-electron chi connectivity index (χ4n) is 2.38. The number of nitrogens with one attached hydrogen (secondary N) is 1. The molecule has 1 aromatic heterocycles. The number of aromatic nitrogens is 2. The maximum absolute atomic E-state index is 5.31. The number of nitrogens with zero attached hydrogens (tertiary/aromatic N) is 2. The van der Waals surface area contributed by atoms with Gasteiger partial charge in [0.1, 0.15) is 0 Å². The van der Waals surface area contributed by atoms with Crippen molar-refractivity contribution in [2.75, 3.05) is 6.54 Å². The maximum atomic E-state index is 5.31. The zero-order valence-corrected chi connectivity index (χ0v) is 10.6. The van der Waals surface area contributed by atoms with Crippen molar-refractivity contribution in [1.82, 2.24) is 15.5 Å².